The SMILES string of the molecule is CCCC1O[C@@H]2C[C@H]3[C@@H]4CCC5=CC(=O)C=C[C@]5(C)[C@H]4[C@@H](O)C[C@]3(C)[C@]2(C(=O)COC(=O)/C=C/c2ccc[n+](Cc3cc(C(O)CNCCCCCCOCCCCc4ccccc4)ccc3OCOP(=O)(O)O)c2)O1. The fourth-order valence-corrected chi connectivity index (χ4v) is 13.3. The lowest BCUT2D eigenvalue weighted by molar-refractivity contribution is -0.688. The number of aromatic nitrogens is 1. The van der Waals surface area contributed by atoms with Crippen LogP contribution in [0, 0.1) is 28.6 Å². The maximum atomic E-state index is 14.7. The maximum absolute atomic E-state index is 14.7. The molecule has 2 unspecified atom stereocenters. The number of hydrogen-bond donors (Lipinski definition) is 5. The summed E-state index contributed by atoms with van der Waals surface area (Å²) >= 11 is 0. The van der Waals surface area contributed by atoms with Crippen LogP contribution in [0.25, 0.3) is 6.08 Å². The van der Waals surface area contributed by atoms with Crippen molar-refractivity contribution in [2.45, 2.75) is 141 Å². The lowest BCUT2D eigenvalue weighted by Crippen LogP contribution is -2.63. The standard InChI is InChI=1S/C59H77N2O14P/c1-4-15-55-74-53-34-48-47-23-22-45-33-46(62)26-27-57(45,2)56(47)49(63)35-58(48,3)59(53,75-55)52(65)39-71-54(66)25-20-42-19-14-29-61(37-42)38-44-32-43(21-24-51(44)72-40-73-76(67,68)69)50(64)36-60-28-11-5-6-12-30-70-31-13-10-18-41-16-8-7-9-17-41/h7-9,14,16-17,19-21,24-27,29,32-33,37,47-50,53,55-56,60,63-64H,4-6,10-13,15,18,22-23,28,30-31,34-36,38-40H2,1-3H3,(H-,67,68,69)/p+1/b25-20+/t47-,48-,49-,50?,53+,55?,56+,57-,58-,59+/m0/s1. The first-order valence-corrected chi connectivity index (χ1v) is 28.8. The van der Waals surface area contributed by atoms with Crippen LogP contribution in [0.5, 0.6) is 5.75 Å². The molecule has 0 radical (unpaired) electrons. The van der Waals surface area contributed by atoms with Crippen LogP contribution in [0.15, 0.2) is 103 Å². The van der Waals surface area contributed by atoms with Gasteiger partial charge in [-0.2, -0.15) is 0 Å². The number of Topliss-reactive ketones (excluding diaryl/α,β-unsaturated/α-hetero) is 1. The van der Waals surface area contributed by atoms with E-state index in [1.165, 1.54) is 11.6 Å². The molecule has 5 aliphatic rings. The number of fused-ring (bicyclic) bond motifs is 7. The number of carbonyl (C=O) groups excluding carboxylic acids is 3. The summed E-state index contributed by atoms with van der Waals surface area (Å²) in [6, 6.07) is 19.2. The summed E-state index contributed by atoms with van der Waals surface area (Å²) < 4.78 is 48.2. The number of ether oxygens (including phenoxy) is 5. The van der Waals surface area contributed by atoms with Crippen LogP contribution in [0.4, 0.5) is 0 Å². The molecule has 76 heavy (non-hydrogen) atoms. The number of esters is 1. The van der Waals surface area contributed by atoms with Crippen molar-refractivity contribution in [3.05, 3.63) is 125 Å². The largest absolute Gasteiger partial charge is 0.472 e. The summed E-state index contributed by atoms with van der Waals surface area (Å²) in [7, 11) is -4.81. The zero-order valence-electron chi connectivity index (χ0n) is 44.3. The van der Waals surface area contributed by atoms with Crippen molar-refractivity contribution in [1.82, 2.24) is 5.32 Å². The molecular weight excluding hydrogens is 992 g/mol. The van der Waals surface area contributed by atoms with Gasteiger partial charge in [0.05, 0.1) is 23.9 Å². The fraction of sp³-hybridized carbons (Fsp3) is 0.559. The number of hydrogen-bond acceptors (Lipinski definition) is 13. The molecule has 2 heterocycles. The van der Waals surface area contributed by atoms with Crippen molar-refractivity contribution in [3.63, 3.8) is 0 Å². The number of phosphoric ester groups is 1. The van der Waals surface area contributed by atoms with E-state index in [2.05, 4.69) is 41.0 Å². The van der Waals surface area contributed by atoms with Gasteiger partial charge in [0.25, 0.3) is 0 Å². The Morgan fingerprint density at radius 2 is 1.80 bits per heavy atom. The highest BCUT2D eigenvalue weighted by atomic mass is 31.2. The third kappa shape index (κ3) is 13.6. The molecule has 3 aromatic rings. The molecule has 412 valence electrons. The molecule has 2 aromatic carbocycles. The van der Waals surface area contributed by atoms with Gasteiger partial charge in [-0.15, -0.1) is 0 Å². The molecule has 1 saturated heterocycles. The summed E-state index contributed by atoms with van der Waals surface area (Å²) in [5.74, 6) is -0.980. The van der Waals surface area contributed by atoms with Crippen molar-refractivity contribution >= 4 is 31.4 Å². The lowest BCUT2D eigenvalue weighted by Gasteiger charge is -2.59. The number of aliphatic hydroxyl groups excluding tert-OH is 2. The number of benzene rings is 2. The highest BCUT2D eigenvalue weighted by molar-refractivity contribution is 7.46. The average molecular weight is 1070 g/mol. The van der Waals surface area contributed by atoms with Gasteiger partial charge >= 0.3 is 13.8 Å². The summed E-state index contributed by atoms with van der Waals surface area (Å²) in [4.78, 5) is 59.0. The molecule has 0 bridgehead atoms. The molecule has 10 atom stereocenters. The fourth-order valence-electron chi connectivity index (χ4n) is 13.1. The summed E-state index contributed by atoms with van der Waals surface area (Å²) in [6.07, 6.45) is 19.9. The van der Waals surface area contributed by atoms with Gasteiger partial charge in [0.15, 0.2) is 50.0 Å². The minimum absolute atomic E-state index is 0.0182. The van der Waals surface area contributed by atoms with E-state index in [4.69, 9.17) is 23.7 Å². The van der Waals surface area contributed by atoms with E-state index in [0.717, 1.165) is 89.5 Å². The van der Waals surface area contributed by atoms with Gasteiger partial charge in [0, 0.05) is 54.2 Å². The molecule has 0 amide bonds. The number of rotatable bonds is 28. The van der Waals surface area contributed by atoms with Gasteiger partial charge in [0.1, 0.15) is 5.75 Å². The third-order valence-electron chi connectivity index (χ3n) is 16.7. The summed E-state index contributed by atoms with van der Waals surface area (Å²) in [5.41, 5.74) is 1.52. The van der Waals surface area contributed by atoms with Crippen LogP contribution < -0.4 is 14.6 Å². The number of ketones is 2. The first kappa shape index (κ1) is 57.5. The smallest absolute Gasteiger partial charge is 0.466 e. The number of allylic oxidation sites excluding steroid dienone is 4. The minimum atomic E-state index is -4.81. The van der Waals surface area contributed by atoms with Crippen LogP contribution >= 0.6 is 7.82 Å². The first-order chi connectivity index (χ1) is 36.5. The number of pyridine rings is 1. The second-order valence-corrected chi connectivity index (χ2v) is 23.0. The highest BCUT2D eigenvalue weighted by Crippen LogP contribution is 2.69. The van der Waals surface area contributed by atoms with E-state index in [0.29, 0.717) is 42.5 Å². The monoisotopic (exact) mass is 1070 g/mol. The van der Waals surface area contributed by atoms with Crippen molar-refractivity contribution < 1.29 is 71.7 Å². The van der Waals surface area contributed by atoms with Crippen molar-refractivity contribution in [2.24, 2.45) is 28.6 Å². The second kappa shape index (κ2) is 25.8. The number of carbonyl (C=O) groups is 3. The lowest BCUT2D eigenvalue weighted by atomic mass is 9.46. The van der Waals surface area contributed by atoms with Crippen molar-refractivity contribution in [1.29, 1.82) is 0 Å². The van der Waals surface area contributed by atoms with Crippen molar-refractivity contribution in [2.75, 3.05) is 39.7 Å². The Labute approximate surface area is 447 Å². The third-order valence-corrected chi connectivity index (χ3v) is 17.1. The Morgan fingerprint density at radius 3 is 2.59 bits per heavy atom. The van der Waals surface area contributed by atoms with Crippen LogP contribution in [0.1, 0.15) is 126 Å². The van der Waals surface area contributed by atoms with Gasteiger partial charge in [-0.05, 0) is 130 Å². The molecule has 5 N–H and O–H groups in total. The Bertz CT molecular complexity index is 2620. The molecule has 3 saturated carbocycles. The van der Waals surface area contributed by atoms with E-state index in [1.807, 2.05) is 30.6 Å². The van der Waals surface area contributed by atoms with Gasteiger partial charge in [-0.25, -0.2) is 18.5 Å². The van der Waals surface area contributed by atoms with Crippen LogP contribution in [0.2, 0.25) is 0 Å². The number of aliphatic hydroxyl groups is 2. The molecule has 17 heteroatoms. The summed E-state index contributed by atoms with van der Waals surface area (Å²) in [6.45, 7) is 7.73. The molecule has 4 fully saturated rings. The zero-order chi connectivity index (χ0) is 53.9. The second-order valence-electron chi connectivity index (χ2n) is 21.8. The molecule has 1 aliphatic heterocycles. The molecule has 16 nitrogen and oxygen atoms in total. The van der Waals surface area contributed by atoms with Gasteiger partial charge in [-0.1, -0.05) is 88.1 Å². The van der Waals surface area contributed by atoms with Crippen molar-refractivity contribution in [3.8, 4) is 5.75 Å². The predicted octanol–water partition coefficient (Wildman–Crippen LogP) is 7.99. The van der Waals surface area contributed by atoms with E-state index in [-0.39, 0.29) is 35.8 Å². The highest BCUT2D eigenvalue weighted by Gasteiger charge is 2.76. The quantitative estimate of drug-likeness (QED) is 0.0116. The van der Waals surface area contributed by atoms with E-state index >= 15 is 0 Å². The Morgan fingerprint density at radius 1 is 1.01 bits per heavy atom. The molecule has 0 spiro atoms. The minimum Gasteiger partial charge on any atom is -0.466 e. The zero-order valence-corrected chi connectivity index (χ0v) is 45.2. The molecule has 8 rings (SSSR count). The van der Waals surface area contributed by atoms with Crippen LogP contribution in [0.3, 0.4) is 0 Å². The van der Waals surface area contributed by atoms with Gasteiger partial charge < -0.3 is 49.0 Å². The van der Waals surface area contributed by atoms with E-state index < -0.39 is 74.0 Å². The number of aryl methyl sites for hydroxylation is 1. The number of nitrogens with zero attached hydrogens (tertiary/aromatic N) is 1. The number of unbranched alkanes of at least 4 members (excludes halogenated alkanes) is 4. The number of nitrogens with one attached hydrogen (secondary N) is 1. The van der Waals surface area contributed by atoms with Gasteiger partial charge in [0.2, 0.25) is 5.78 Å². The molecule has 1 aromatic heterocycles. The number of phosphoric acid groups is 1. The Balaban J connectivity index is 0.841. The topological polar surface area (TPSA) is 220 Å². The van der Waals surface area contributed by atoms with E-state index in [1.54, 1.807) is 61.0 Å². The normalized spacial score (nSPS) is 28.1. The predicted molar refractivity (Wildman–Crippen MR) is 283 cm³/mol. The Hall–Kier alpha value is -4.71. The average Bonchev–Trinajstić information content (AvgIpc) is 4.10. The van der Waals surface area contributed by atoms with Gasteiger partial charge in [-0.3, -0.25) is 9.59 Å². The van der Waals surface area contributed by atoms with Crippen LogP contribution in [-0.4, -0.2) is 101 Å². The Kier molecular flexibility index (Phi) is 19.5. The molecule has 4 aliphatic carbocycles. The molecular formula is C59H78N2O14P+. The first-order valence-electron chi connectivity index (χ1n) is 27.3. The maximum Gasteiger partial charge on any atom is 0.472 e. The van der Waals surface area contributed by atoms with E-state index in [9.17, 15) is 38.9 Å². The summed E-state index contributed by atoms with van der Waals surface area (Å²) in [5, 5.41) is 26.6. The van der Waals surface area contributed by atoms with Crippen LogP contribution in [-0.2, 0) is 55.4 Å².